The van der Waals surface area contributed by atoms with Crippen molar-refractivity contribution in [1.29, 1.82) is 0 Å². The minimum Gasteiger partial charge on any atom is -0.340 e. The number of benzene rings is 2. The third kappa shape index (κ3) is 6.86. The smallest absolute Gasteiger partial charge is 0.243 e. The van der Waals surface area contributed by atoms with Gasteiger partial charge in [0.15, 0.2) is 0 Å². The van der Waals surface area contributed by atoms with Crippen molar-refractivity contribution in [2.45, 2.75) is 23.8 Å². The van der Waals surface area contributed by atoms with E-state index < -0.39 is 10.0 Å². The maximum Gasteiger partial charge on any atom is 0.243 e. The number of piperidine rings is 1. The van der Waals surface area contributed by atoms with Crippen LogP contribution >= 0.6 is 12.4 Å². The molecule has 35 heavy (non-hydrogen) atoms. The highest BCUT2D eigenvalue weighted by molar-refractivity contribution is 7.89. The first-order valence-electron chi connectivity index (χ1n) is 11.1. The molecule has 2 aromatic carbocycles. The summed E-state index contributed by atoms with van der Waals surface area (Å²) in [5.41, 5.74) is 7.06. The molecule has 2 heterocycles. The van der Waals surface area contributed by atoms with E-state index in [1.807, 2.05) is 0 Å². The lowest BCUT2D eigenvalue weighted by atomic mass is 10.1. The van der Waals surface area contributed by atoms with Gasteiger partial charge in [0.05, 0.1) is 4.90 Å². The molecule has 0 amide bonds. The molecule has 9 nitrogen and oxygen atoms in total. The van der Waals surface area contributed by atoms with Crippen LogP contribution in [-0.2, 0) is 10.0 Å². The SMILES string of the molecule is Cl.NCCN(C1CCNCC1)S(=O)(=O)c1ccc(Nc2nccc(Nc3ccc(F)cc3)n2)cc1. The predicted octanol–water partition coefficient (Wildman–Crippen LogP) is 3.23. The second kappa shape index (κ2) is 12.2. The van der Waals surface area contributed by atoms with E-state index in [-0.39, 0.29) is 42.3 Å². The van der Waals surface area contributed by atoms with Crippen LogP contribution < -0.4 is 21.7 Å². The molecule has 3 aromatic rings. The van der Waals surface area contributed by atoms with E-state index in [1.54, 1.807) is 48.7 Å². The Morgan fingerprint density at radius 1 is 1.00 bits per heavy atom. The lowest BCUT2D eigenvalue weighted by Gasteiger charge is -2.33. The van der Waals surface area contributed by atoms with Gasteiger partial charge in [-0.1, -0.05) is 0 Å². The van der Waals surface area contributed by atoms with E-state index in [9.17, 15) is 12.8 Å². The monoisotopic (exact) mass is 521 g/mol. The van der Waals surface area contributed by atoms with E-state index in [0.717, 1.165) is 25.9 Å². The maximum absolute atomic E-state index is 13.3. The zero-order valence-electron chi connectivity index (χ0n) is 19.0. The van der Waals surface area contributed by atoms with Gasteiger partial charge in [0.1, 0.15) is 11.6 Å². The lowest BCUT2D eigenvalue weighted by Crippen LogP contribution is -2.47. The van der Waals surface area contributed by atoms with Gasteiger partial charge in [-0.2, -0.15) is 9.29 Å². The van der Waals surface area contributed by atoms with E-state index in [2.05, 4.69) is 25.9 Å². The minimum atomic E-state index is -3.67. The Morgan fingerprint density at radius 2 is 1.63 bits per heavy atom. The van der Waals surface area contributed by atoms with Crippen LogP contribution in [0.3, 0.4) is 0 Å². The van der Waals surface area contributed by atoms with Crippen LogP contribution in [0.25, 0.3) is 0 Å². The average Bonchev–Trinajstić information content (AvgIpc) is 2.85. The topological polar surface area (TPSA) is 125 Å². The number of nitrogens with one attached hydrogen (secondary N) is 3. The molecule has 5 N–H and O–H groups in total. The number of anilines is 4. The van der Waals surface area contributed by atoms with Crippen LogP contribution in [0.5, 0.6) is 0 Å². The van der Waals surface area contributed by atoms with Crippen LogP contribution in [-0.4, -0.2) is 54.9 Å². The van der Waals surface area contributed by atoms with E-state index >= 15 is 0 Å². The first kappa shape index (κ1) is 26.8. The summed E-state index contributed by atoms with van der Waals surface area (Å²) in [6.07, 6.45) is 3.11. The van der Waals surface area contributed by atoms with Crippen molar-refractivity contribution >= 4 is 45.6 Å². The molecule has 1 fully saturated rings. The number of sulfonamides is 1. The van der Waals surface area contributed by atoms with Crippen molar-refractivity contribution in [3.05, 3.63) is 66.6 Å². The normalized spacial score (nSPS) is 14.4. The molecule has 0 radical (unpaired) electrons. The molecule has 0 aliphatic carbocycles. The first-order chi connectivity index (χ1) is 16.5. The van der Waals surface area contributed by atoms with Gasteiger partial charge < -0.3 is 21.7 Å². The molecule has 0 spiro atoms. The van der Waals surface area contributed by atoms with Gasteiger partial charge in [0.2, 0.25) is 16.0 Å². The largest absolute Gasteiger partial charge is 0.340 e. The average molecular weight is 522 g/mol. The number of rotatable bonds is 9. The number of nitrogens with zero attached hydrogens (tertiary/aromatic N) is 3. The zero-order valence-corrected chi connectivity index (χ0v) is 20.7. The minimum absolute atomic E-state index is 0. The fourth-order valence-corrected chi connectivity index (χ4v) is 5.57. The van der Waals surface area contributed by atoms with Gasteiger partial charge in [0, 0.05) is 36.7 Å². The standard InChI is InChI=1S/C23H28FN7O2S.ClH/c24-17-1-3-18(4-2-17)28-22-11-15-27-23(30-22)29-19-5-7-21(8-6-19)34(32,33)31(16-12-25)20-9-13-26-14-10-20;/h1-8,11,15,20,26H,9-10,12-14,16,25H2,(H2,27,28,29,30);1H. The molecular weight excluding hydrogens is 493 g/mol. The molecule has 0 unspecified atom stereocenters. The van der Waals surface area contributed by atoms with Crippen molar-refractivity contribution in [3.8, 4) is 0 Å². The summed E-state index contributed by atoms with van der Waals surface area (Å²) in [5, 5.41) is 9.42. The van der Waals surface area contributed by atoms with Gasteiger partial charge in [0.25, 0.3) is 0 Å². The number of hydrogen-bond donors (Lipinski definition) is 4. The summed E-state index contributed by atoms with van der Waals surface area (Å²) >= 11 is 0. The Balaban J connectivity index is 0.00000342. The van der Waals surface area contributed by atoms with Crippen LogP contribution in [0.2, 0.25) is 0 Å². The molecule has 1 aromatic heterocycles. The third-order valence-electron chi connectivity index (χ3n) is 5.55. The fourth-order valence-electron chi connectivity index (χ4n) is 3.87. The number of halogens is 2. The Bertz CT molecular complexity index is 1190. The zero-order chi connectivity index (χ0) is 24.0. The van der Waals surface area contributed by atoms with Gasteiger partial charge >= 0.3 is 0 Å². The summed E-state index contributed by atoms with van der Waals surface area (Å²) in [7, 11) is -3.67. The van der Waals surface area contributed by atoms with Gasteiger partial charge in [-0.25, -0.2) is 17.8 Å². The highest BCUT2D eigenvalue weighted by Gasteiger charge is 2.31. The number of aromatic nitrogens is 2. The predicted molar refractivity (Wildman–Crippen MR) is 138 cm³/mol. The van der Waals surface area contributed by atoms with Crippen molar-refractivity contribution in [2.75, 3.05) is 36.8 Å². The summed E-state index contributed by atoms with van der Waals surface area (Å²) in [5.74, 6) is 0.549. The molecule has 0 atom stereocenters. The van der Waals surface area contributed by atoms with Crippen LogP contribution in [0.1, 0.15) is 12.8 Å². The van der Waals surface area contributed by atoms with Crippen LogP contribution in [0.4, 0.5) is 27.5 Å². The Morgan fingerprint density at radius 3 is 2.29 bits per heavy atom. The third-order valence-corrected chi connectivity index (χ3v) is 7.52. The molecule has 12 heteroatoms. The first-order valence-corrected chi connectivity index (χ1v) is 12.5. The summed E-state index contributed by atoms with van der Waals surface area (Å²) in [6.45, 7) is 2.13. The molecule has 0 bridgehead atoms. The second-order valence-electron chi connectivity index (χ2n) is 7.93. The molecule has 4 rings (SSSR count). The Kier molecular flexibility index (Phi) is 9.35. The molecule has 188 valence electrons. The molecule has 1 saturated heterocycles. The quantitative estimate of drug-likeness (QED) is 0.338. The molecule has 1 aliphatic rings. The van der Waals surface area contributed by atoms with Crippen molar-refractivity contribution in [1.82, 2.24) is 19.6 Å². The fraction of sp³-hybridized carbons (Fsp3) is 0.304. The maximum atomic E-state index is 13.3. The van der Waals surface area contributed by atoms with E-state index in [4.69, 9.17) is 5.73 Å². The highest BCUT2D eigenvalue weighted by Crippen LogP contribution is 2.24. The number of hydrogen-bond acceptors (Lipinski definition) is 8. The Labute approximate surface area is 210 Å². The van der Waals surface area contributed by atoms with Crippen molar-refractivity contribution in [3.63, 3.8) is 0 Å². The van der Waals surface area contributed by atoms with Crippen molar-refractivity contribution < 1.29 is 12.8 Å². The summed E-state index contributed by atoms with van der Waals surface area (Å²) in [6, 6.07) is 14.1. The molecule has 0 saturated carbocycles. The summed E-state index contributed by atoms with van der Waals surface area (Å²) in [4.78, 5) is 8.82. The second-order valence-corrected chi connectivity index (χ2v) is 9.82. The molecule has 1 aliphatic heterocycles. The van der Waals surface area contributed by atoms with Gasteiger partial charge in [-0.05, 0) is 80.5 Å². The number of nitrogens with two attached hydrogens (primary N) is 1. The van der Waals surface area contributed by atoms with Crippen LogP contribution in [0.15, 0.2) is 65.7 Å². The van der Waals surface area contributed by atoms with E-state index in [1.165, 1.54) is 16.4 Å². The van der Waals surface area contributed by atoms with E-state index in [0.29, 0.717) is 23.1 Å². The van der Waals surface area contributed by atoms with Crippen molar-refractivity contribution in [2.24, 2.45) is 5.73 Å². The van der Waals surface area contributed by atoms with Gasteiger partial charge in [-0.3, -0.25) is 0 Å². The highest BCUT2D eigenvalue weighted by atomic mass is 35.5. The Hall–Kier alpha value is -2.83. The lowest BCUT2D eigenvalue weighted by molar-refractivity contribution is 0.266. The molecular formula is C23H29ClFN7O2S. The van der Waals surface area contributed by atoms with Gasteiger partial charge in [-0.15, -0.1) is 12.4 Å². The van der Waals surface area contributed by atoms with Crippen LogP contribution in [0, 0.1) is 5.82 Å². The summed E-state index contributed by atoms with van der Waals surface area (Å²) < 4.78 is 41.2.